The largest absolute Gasteiger partial charge is 0.338 e. The van der Waals surface area contributed by atoms with Crippen LogP contribution < -0.4 is 0 Å². The Labute approximate surface area is 131 Å². The average Bonchev–Trinajstić information content (AvgIpc) is 3.23. The second-order valence-corrected chi connectivity index (χ2v) is 6.64. The first kappa shape index (κ1) is 13.6. The topological polar surface area (TPSA) is 17.8 Å². The van der Waals surface area contributed by atoms with Gasteiger partial charge in [0.25, 0.3) is 0 Å². The van der Waals surface area contributed by atoms with Gasteiger partial charge in [-0.1, -0.05) is 37.1 Å². The lowest BCUT2D eigenvalue weighted by Gasteiger charge is -2.22. The molecule has 2 heteroatoms. The number of hydrogen-bond donors (Lipinski definition) is 0. The van der Waals surface area contributed by atoms with Crippen LogP contribution in [0.4, 0.5) is 0 Å². The van der Waals surface area contributed by atoms with Gasteiger partial charge in [-0.2, -0.15) is 0 Å². The maximum atomic E-state index is 4.73. The quantitative estimate of drug-likeness (QED) is 0.658. The summed E-state index contributed by atoms with van der Waals surface area (Å²) in [6.07, 6.45) is 8.14. The number of benzene rings is 1. The highest BCUT2D eigenvalue weighted by atomic mass is 15.0. The van der Waals surface area contributed by atoms with Gasteiger partial charge in [-0.3, -0.25) is 4.98 Å². The van der Waals surface area contributed by atoms with Gasteiger partial charge < -0.3 is 4.57 Å². The summed E-state index contributed by atoms with van der Waals surface area (Å²) in [5.41, 5.74) is 5.23. The molecule has 1 unspecified atom stereocenters. The number of nitrogens with zero attached hydrogens (tertiary/aromatic N) is 2. The fraction of sp³-hybridized carbons (Fsp3) is 0.350. The van der Waals surface area contributed by atoms with Gasteiger partial charge in [-0.05, 0) is 54.8 Å². The van der Waals surface area contributed by atoms with Gasteiger partial charge in [0, 0.05) is 12.4 Å². The molecule has 0 radical (unpaired) electrons. The van der Waals surface area contributed by atoms with E-state index in [1.165, 1.54) is 47.0 Å². The summed E-state index contributed by atoms with van der Waals surface area (Å²) in [4.78, 5) is 4.73. The summed E-state index contributed by atoms with van der Waals surface area (Å²) < 4.78 is 2.46. The zero-order chi connectivity index (χ0) is 15.1. The lowest BCUT2D eigenvalue weighted by molar-refractivity contribution is 0.506. The second kappa shape index (κ2) is 5.28. The fourth-order valence-corrected chi connectivity index (χ4v) is 3.54. The summed E-state index contributed by atoms with van der Waals surface area (Å²) in [5, 5.41) is 1.33. The van der Waals surface area contributed by atoms with Gasteiger partial charge in [-0.15, -0.1) is 0 Å². The predicted molar refractivity (Wildman–Crippen MR) is 91.1 cm³/mol. The maximum absolute atomic E-state index is 4.73. The molecule has 0 aliphatic heterocycles. The van der Waals surface area contributed by atoms with Gasteiger partial charge in [0.05, 0.1) is 17.3 Å². The van der Waals surface area contributed by atoms with Crippen LogP contribution in [0.3, 0.4) is 0 Å². The molecule has 1 aromatic carbocycles. The molecule has 1 atom stereocenters. The molecule has 22 heavy (non-hydrogen) atoms. The van der Waals surface area contributed by atoms with Gasteiger partial charge in [0.15, 0.2) is 0 Å². The number of aryl methyl sites for hydroxylation is 2. The first-order chi connectivity index (χ1) is 10.7. The lowest BCUT2D eigenvalue weighted by atomic mass is 10.0. The lowest BCUT2D eigenvalue weighted by Crippen LogP contribution is -2.14. The summed E-state index contributed by atoms with van der Waals surface area (Å²) in [6, 6.07) is 13.4. The second-order valence-electron chi connectivity index (χ2n) is 6.64. The van der Waals surface area contributed by atoms with Crippen molar-refractivity contribution in [3.63, 3.8) is 0 Å². The number of fused-ring (bicyclic) bond motifs is 1. The van der Waals surface area contributed by atoms with Crippen molar-refractivity contribution in [2.75, 3.05) is 0 Å². The molecule has 2 heterocycles. The minimum Gasteiger partial charge on any atom is -0.338 e. The Morgan fingerprint density at radius 1 is 1.09 bits per heavy atom. The molecule has 0 bridgehead atoms. The van der Waals surface area contributed by atoms with E-state index in [2.05, 4.69) is 54.9 Å². The summed E-state index contributed by atoms with van der Waals surface area (Å²) in [7, 11) is 0. The molecule has 2 aromatic heterocycles. The number of aromatic nitrogens is 2. The highest BCUT2D eigenvalue weighted by molar-refractivity contribution is 5.83. The zero-order valence-corrected chi connectivity index (χ0v) is 13.3. The normalized spacial score (nSPS) is 16.1. The predicted octanol–water partition coefficient (Wildman–Crippen LogP) is 5.04. The molecule has 1 fully saturated rings. The van der Waals surface area contributed by atoms with Crippen molar-refractivity contribution >= 4 is 10.9 Å². The first-order valence-corrected chi connectivity index (χ1v) is 8.21. The van der Waals surface area contributed by atoms with E-state index in [4.69, 9.17) is 4.98 Å². The molecule has 1 saturated carbocycles. The molecule has 0 amide bonds. The van der Waals surface area contributed by atoms with Crippen LogP contribution in [-0.2, 0) is 0 Å². The highest BCUT2D eigenvalue weighted by Crippen LogP contribution is 2.40. The van der Waals surface area contributed by atoms with Gasteiger partial charge in [0.1, 0.15) is 0 Å². The number of pyridine rings is 1. The van der Waals surface area contributed by atoms with E-state index in [0.717, 1.165) is 5.92 Å². The Balaban J connectivity index is 1.88. The van der Waals surface area contributed by atoms with E-state index >= 15 is 0 Å². The van der Waals surface area contributed by atoms with E-state index in [1.54, 1.807) is 0 Å². The van der Waals surface area contributed by atoms with Gasteiger partial charge in [0.2, 0.25) is 0 Å². The van der Waals surface area contributed by atoms with Crippen molar-refractivity contribution < 1.29 is 0 Å². The number of hydrogen-bond acceptors (Lipinski definition) is 1. The van der Waals surface area contributed by atoms with Crippen LogP contribution in [0.1, 0.15) is 42.1 Å². The minimum atomic E-state index is 0.354. The van der Waals surface area contributed by atoms with Crippen LogP contribution >= 0.6 is 0 Å². The SMILES string of the molecule is Cc1cccnc1C(CC1CC1)n1ccc2cccc(C)c21. The van der Waals surface area contributed by atoms with Crippen molar-refractivity contribution in [1.82, 2.24) is 9.55 Å². The molecule has 3 aromatic rings. The summed E-state index contributed by atoms with van der Waals surface area (Å²) >= 11 is 0. The van der Waals surface area contributed by atoms with Gasteiger partial charge in [-0.25, -0.2) is 0 Å². The van der Waals surface area contributed by atoms with E-state index in [0.29, 0.717) is 6.04 Å². The standard InChI is InChI=1S/C20H22N2/c1-14-6-4-11-21-19(14)18(13-16-8-9-16)22-12-10-17-7-3-5-15(2)20(17)22/h3-7,10-12,16,18H,8-9,13H2,1-2H3. The third kappa shape index (κ3) is 2.33. The Morgan fingerprint density at radius 2 is 1.91 bits per heavy atom. The monoisotopic (exact) mass is 290 g/mol. The molecule has 1 aliphatic carbocycles. The fourth-order valence-electron chi connectivity index (χ4n) is 3.54. The minimum absolute atomic E-state index is 0.354. The van der Waals surface area contributed by atoms with Crippen molar-refractivity contribution in [2.24, 2.45) is 5.92 Å². The van der Waals surface area contributed by atoms with E-state index in [1.807, 2.05) is 12.3 Å². The number of rotatable bonds is 4. The van der Waals surface area contributed by atoms with Crippen molar-refractivity contribution in [3.05, 3.63) is 65.6 Å². The third-order valence-electron chi connectivity index (χ3n) is 4.90. The molecule has 0 saturated heterocycles. The maximum Gasteiger partial charge on any atom is 0.0762 e. The highest BCUT2D eigenvalue weighted by Gasteiger charge is 2.29. The summed E-state index contributed by atoms with van der Waals surface area (Å²) in [6.45, 7) is 4.39. The molecule has 4 rings (SSSR count). The molecule has 0 N–H and O–H groups in total. The van der Waals surface area contributed by atoms with E-state index in [9.17, 15) is 0 Å². The van der Waals surface area contributed by atoms with Crippen molar-refractivity contribution in [3.8, 4) is 0 Å². The van der Waals surface area contributed by atoms with Crippen LogP contribution in [-0.4, -0.2) is 9.55 Å². The average molecular weight is 290 g/mol. The van der Waals surface area contributed by atoms with Gasteiger partial charge >= 0.3 is 0 Å². The molecule has 0 spiro atoms. The molecular weight excluding hydrogens is 268 g/mol. The molecule has 1 aliphatic rings. The molecular formula is C20H22N2. The third-order valence-corrected chi connectivity index (χ3v) is 4.90. The van der Waals surface area contributed by atoms with Crippen molar-refractivity contribution in [1.29, 1.82) is 0 Å². The van der Waals surface area contributed by atoms with E-state index in [-0.39, 0.29) is 0 Å². The van der Waals surface area contributed by atoms with Crippen LogP contribution in [0, 0.1) is 19.8 Å². The Hall–Kier alpha value is -2.09. The van der Waals surface area contributed by atoms with Crippen LogP contribution in [0.15, 0.2) is 48.8 Å². The number of para-hydroxylation sites is 1. The van der Waals surface area contributed by atoms with Crippen LogP contribution in [0.2, 0.25) is 0 Å². The van der Waals surface area contributed by atoms with Crippen LogP contribution in [0.5, 0.6) is 0 Å². The Morgan fingerprint density at radius 3 is 2.68 bits per heavy atom. The van der Waals surface area contributed by atoms with Crippen LogP contribution in [0.25, 0.3) is 10.9 Å². The Bertz CT molecular complexity index is 811. The summed E-state index contributed by atoms with van der Waals surface area (Å²) in [5.74, 6) is 0.868. The zero-order valence-electron chi connectivity index (χ0n) is 13.3. The first-order valence-electron chi connectivity index (χ1n) is 8.21. The Kier molecular flexibility index (Phi) is 3.25. The van der Waals surface area contributed by atoms with E-state index < -0.39 is 0 Å². The molecule has 2 nitrogen and oxygen atoms in total. The smallest absolute Gasteiger partial charge is 0.0762 e. The van der Waals surface area contributed by atoms with Crippen molar-refractivity contribution in [2.45, 2.75) is 39.2 Å². The molecule has 112 valence electrons.